The van der Waals surface area contributed by atoms with Crippen LogP contribution in [0.1, 0.15) is 31.2 Å². The van der Waals surface area contributed by atoms with Gasteiger partial charge in [-0.05, 0) is 44.2 Å². The predicted octanol–water partition coefficient (Wildman–Crippen LogP) is 3.27. The number of nitrogens with zero attached hydrogens (tertiary/aromatic N) is 1. The molecule has 1 fully saturated rings. The number of halogens is 1. The fourth-order valence-corrected chi connectivity index (χ4v) is 2.63. The second-order valence-corrected chi connectivity index (χ2v) is 5.43. The van der Waals surface area contributed by atoms with Crippen LogP contribution in [0, 0.1) is 17.0 Å². The molecule has 2 N–H and O–H groups in total. The van der Waals surface area contributed by atoms with E-state index in [1.165, 1.54) is 6.07 Å². The molecule has 5 nitrogen and oxygen atoms in total. The summed E-state index contributed by atoms with van der Waals surface area (Å²) in [6, 6.07) is 3.39. The number of aliphatic hydroxyl groups is 1. The number of hydrogen-bond acceptors (Lipinski definition) is 4. The van der Waals surface area contributed by atoms with Crippen molar-refractivity contribution < 1.29 is 10.0 Å². The summed E-state index contributed by atoms with van der Waals surface area (Å²) < 4.78 is 0. The number of nitrogens with one attached hydrogen (secondary N) is 1. The number of nitro benzene ring substituents is 1. The van der Waals surface area contributed by atoms with E-state index in [0.717, 1.165) is 36.9 Å². The normalized spacial score (nSPS) is 23.1. The van der Waals surface area contributed by atoms with E-state index in [1.807, 2.05) is 6.92 Å². The van der Waals surface area contributed by atoms with Crippen LogP contribution in [0.15, 0.2) is 12.1 Å². The standard InChI is InChI=1S/C13H17ClN2O3/c1-8-6-13(16(18)19)11(14)7-12(8)15-9-2-4-10(17)5-3-9/h6-7,9-10,15,17H,2-5H2,1H3. The van der Waals surface area contributed by atoms with Crippen LogP contribution in [0.5, 0.6) is 0 Å². The SMILES string of the molecule is Cc1cc([N+](=O)[O-])c(Cl)cc1NC1CCC(O)CC1. The van der Waals surface area contributed by atoms with Crippen LogP contribution >= 0.6 is 11.6 Å². The third kappa shape index (κ3) is 3.36. The average Bonchev–Trinajstić information content (AvgIpc) is 2.35. The zero-order chi connectivity index (χ0) is 14.0. The highest BCUT2D eigenvalue weighted by atomic mass is 35.5. The first-order valence-electron chi connectivity index (χ1n) is 6.36. The molecular weight excluding hydrogens is 268 g/mol. The van der Waals surface area contributed by atoms with Crippen LogP contribution in [-0.2, 0) is 0 Å². The quantitative estimate of drug-likeness (QED) is 0.660. The highest BCUT2D eigenvalue weighted by molar-refractivity contribution is 6.33. The van der Waals surface area contributed by atoms with Gasteiger partial charge < -0.3 is 10.4 Å². The van der Waals surface area contributed by atoms with E-state index in [4.69, 9.17) is 11.6 Å². The Bertz CT molecular complexity index is 485. The first-order valence-corrected chi connectivity index (χ1v) is 6.74. The summed E-state index contributed by atoms with van der Waals surface area (Å²) in [6.07, 6.45) is 3.18. The molecule has 2 rings (SSSR count). The monoisotopic (exact) mass is 284 g/mol. The Morgan fingerprint density at radius 2 is 2.00 bits per heavy atom. The molecule has 0 saturated heterocycles. The molecule has 1 aliphatic carbocycles. The van der Waals surface area contributed by atoms with Gasteiger partial charge in [-0.2, -0.15) is 0 Å². The topological polar surface area (TPSA) is 75.4 Å². The average molecular weight is 285 g/mol. The van der Waals surface area contributed by atoms with Crippen LogP contribution in [0.3, 0.4) is 0 Å². The maximum absolute atomic E-state index is 10.8. The van der Waals surface area contributed by atoms with E-state index in [1.54, 1.807) is 6.07 Å². The molecule has 6 heteroatoms. The minimum atomic E-state index is -0.476. The summed E-state index contributed by atoms with van der Waals surface area (Å²) in [4.78, 5) is 10.3. The van der Waals surface area contributed by atoms with E-state index >= 15 is 0 Å². The van der Waals surface area contributed by atoms with Crippen LogP contribution < -0.4 is 5.32 Å². The largest absolute Gasteiger partial charge is 0.393 e. The smallest absolute Gasteiger partial charge is 0.288 e. The van der Waals surface area contributed by atoms with Crippen molar-refractivity contribution in [2.24, 2.45) is 0 Å². The second-order valence-electron chi connectivity index (χ2n) is 5.03. The number of hydrogen-bond donors (Lipinski definition) is 2. The molecule has 0 unspecified atom stereocenters. The van der Waals surface area contributed by atoms with E-state index in [0.29, 0.717) is 6.04 Å². The molecule has 1 aromatic rings. The molecule has 0 bridgehead atoms. The maximum atomic E-state index is 10.8. The summed E-state index contributed by atoms with van der Waals surface area (Å²) in [7, 11) is 0. The Balaban J connectivity index is 2.13. The van der Waals surface area contributed by atoms with Gasteiger partial charge in [0.05, 0.1) is 11.0 Å². The Morgan fingerprint density at radius 3 is 2.58 bits per heavy atom. The zero-order valence-corrected chi connectivity index (χ0v) is 11.5. The summed E-state index contributed by atoms with van der Waals surface area (Å²) in [5, 5.41) is 23.8. The molecule has 104 valence electrons. The number of nitro groups is 1. The molecule has 1 aromatic carbocycles. The molecule has 0 atom stereocenters. The van der Waals surface area contributed by atoms with Crippen molar-refractivity contribution in [3.63, 3.8) is 0 Å². The van der Waals surface area contributed by atoms with Gasteiger partial charge in [-0.15, -0.1) is 0 Å². The Hall–Kier alpha value is -1.33. The molecule has 0 aromatic heterocycles. The molecule has 0 aliphatic heterocycles. The van der Waals surface area contributed by atoms with Crippen molar-refractivity contribution in [2.45, 2.75) is 44.8 Å². The fourth-order valence-electron chi connectivity index (χ4n) is 2.40. The summed E-state index contributed by atoms with van der Waals surface area (Å²) in [5.41, 5.74) is 1.57. The van der Waals surface area contributed by atoms with Crippen LogP contribution in [-0.4, -0.2) is 22.2 Å². The second kappa shape index (κ2) is 5.75. The zero-order valence-electron chi connectivity index (χ0n) is 10.7. The lowest BCUT2D eigenvalue weighted by molar-refractivity contribution is -0.384. The fraction of sp³-hybridized carbons (Fsp3) is 0.538. The number of anilines is 1. The van der Waals surface area contributed by atoms with Crippen LogP contribution in [0.2, 0.25) is 5.02 Å². The molecule has 1 aliphatic rings. The Kier molecular flexibility index (Phi) is 4.27. The minimum Gasteiger partial charge on any atom is -0.393 e. The number of aryl methyl sites for hydroxylation is 1. The van der Waals surface area contributed by atoms with Crippen molar-refractivity contribution in [1.29, 1.82) is 0 Å². The highest BCUT2D eigenvalue weighted by Crippen LogP contribution is 2.32. The van der Waals surface area contributed by atoms with Gasteiger partial charge in [-0.3, -0.25) is 10.1 Å². The summed E-state index contributed by atoms with van der Waals surface area (Å²) in [5.74, 6) is 0. The van der Waals surface area contributed by atoms with Crippen molar-refractivity contribution in [3.05, 3.63) is 32.8 Å². The van der Waals surface area contributed by atoms with E-state index in [-0.39, 0.29) is 16.8 Å². The van der Waals surface area contributed by atoms with Crippen molar-refractivity contribution in [3.8, 4) is 0 Å². The summed E-state index contributed by atoms with van der Waals surface area (Å²) >= 11 is 5.92. The Labute approximate surface area is 116 Å². The van der Waals surface area contributed by atoms with Gasteiger partial charge in [-0.1, -0.05) is 11.6 Å². The molecule has 0 radical (unpaired) electrons. The molecule has 0 heterocycles. The van der Waals surface area contributed by atoms with Gasteiger partial charge >= 0.3 is 0 Å². The van der Waals surface area contributed by atoms with Gasteiger partial charge in [0.1, 0.15) is 5.02 Å². The molecule has 1 saturated carbocycles. The third-order valence-electron chi connectivity index (χ3n) is 3.55. The van der Waals surface area contributed by atoms with Gasteiger partial charge in [-0.25, -0.2) is 0 Å². The predicted molar refractivity (Wildman–Crippen MR) is 74.7 cm³/mol. The number of rotatable bonds is 3. The first-order chi connectivity index (χ1) is 8.97. The maximum Gasteiger partial charge on any atom is 0.288 e. The van der Waals surface area contributed by atoms with Gasteiger partial charge in [0.2, 0.25) is 0 Å². The van der Waals surface area contributed by atoms with Crippen LogP contribution in [0.25, 0.3) is 0 Å². The third-order valence-corrected chi connectivity index (χ3v) is 3.85. The summed E-state index contributed by atoms with van der Waals surface area (Å²) in [6.45, 7) is 1.82. The highest BCUT2D eigenvalue weighted by Gasteiger charge is 2.21. The molecule has 0 amide bonds. The van der Waals surface area contributed by atoms with E-state index in [2.05, 4.69) is 5.32 Å². The van der Waals surface area contributed by atoms with Crippen molar-refractivity contribution >= 4 is 23.0 Å². The lowest BCUT2D eigenvalue weighted by atomic mass is 9.93. The minimum absolute atomic E-state index is 0.0659. The number of benzene rings is 1. The molecular formula is C13H17ClN2O3. The van der Waals surface area contributed by atoms with Gasteiger partial charge in [0.15, 0.2) is 0 Å². The number of aliphatic hydroxyl groups excluding tert-OH is 1. The van der Waals surface area contributed by atoms with Crippen LogP contribution in [0.4, 0.5) is 11.4 Å². The molecule has 0 spiro atoms. The Morgan fingerprint density at radius 1 is 1.37 bits per heavy atom. The van der Waals surface area contributed by atoms with Crippen molar-refractivity contribution in [1.82, 2.24) is 0 Å². The van der Waals surface area contributed by atoms with Gasteiger partial charge in [0, 0.05) is 17.8 Å². The lowest BCUT2D eigenvalue weighted by Gasteiger charge is -2.27. The lowest BCUT2D eigenvalue weighted by Crippen LogP contribution is -2.28. The van der Waals surface area contributed by atoms with Gasteiger partial charge in [0.25, 0.3) is 5.69 Å². The van der Waals surface area contributed by atoms with Crippen molar-refractivity contribution in [2.75, 3.05) is 5.32 Å². The first kappa shape index (κ1) is 14.1. The van der Waals surface area contributed by atoms with E-state index in [9.17, 15) is 15.2 Å². The molecule has 19 heavy (non-hydrogen) atoms. The van der Waals surface area contributed by atoms with E-state index < -0.39 is 4.92 Å².